The van der Waals surface area contributed by atoms with E-state index in [1.165, 1.54) is 24.8 Å². The summed E-state index contributed by atoms with van der Waals surface area (Å²) in [6.45, 7) is 12.3. The molecule has 2 atom stereocenters. The number of fused-ring (bicyclic) bond motifs is 2. The Balaban J connectivity index is 1.05. The molecule has 49 heavy (non-hydrogen) atoms. The molecule has 3 aromatic carbocycles. The van der Waals surface area contributed by atoms with Crippen molar-refractivity contribution in [3.8, 4) is 11.3 Å². The first kappa shape index (κ1) is 32.5. The van der Waals surface area contributed by atoms with E-state index in [4.69, 9.17) is 4.98 Å². The summed E-state index contributed by atoms with van der Waals surface area (Å²) in [7, 11) is 0. The lowest BCUT2D eigenvalue weighted by Gasteiger charge is -2.44. The zero-order chi connectivity index (χ0) is 34.1. The number of piperidine rings is 1. The van der Waals surface area contributed by atoms with Gasteiger partial charge in [-0.2, -0.15) is 0 Å². The first-order chi connectivity index (χ1) is 23.6. The molecule has 2 N–H and O–H groups in total. The number of nitrogens with zero attached hydrogens (tertiary/aromatic N) is 5. The average Bonchev–Trinajstić information content (AvgIpc) is 3.60. The summed E-state index contributed by atoms with van der Waals surface area (Å²) in [6.07, 6.45) is 9.29. The van der Waals surface area contributed by atoms with Gasteiger partial charge in [-0.3, -0.25) is 14.5 Å². The highest BCUT2D eigenvalue weighted by molar-refractivity contribution is 6.04. The maximum absolute atomic E-state index is 13.5. The number of nitrogens with one attached hydrogen (secondary N) is 2. The van der Waals surface area contributed by atoms with Crippen molar-refractivity contribution in [1.29, 1.82) is 0 Å². The third-order valence-electron chi connectivity index (χ3n) is 10.00. The van der Waals surface area contributed by atoms with Gasteiger partial charge in [0.25, 0.3) is 5.91 Å². The summed E-state index contributed by atoms with van der Waals surface area (Å²) in [5, 5.41) is 6.49. The number of rotatable bonds is 7. The second-order valence-corrected chi connectivity index (χ2v) is 14.4. The van der Waals surface area contributed by atoms with E-state index < -0.39 is 0 Å². The molecule has 2 aliphatic rings. The molecule has 2 unspecified atom stereocenters. The monoisotopic (exact) mass is 655 g/mol. The standard InChI is InChI=1S/C40H45N7O2/c1-27(39(49)47-23-22-45-20-6-5-10-34(45)25-47)28-13-17-32(18-14-28)42-36-37-41-19-21-46(37)26-35(44-36)30-8-7-9-33(24-30)43-38(48)29-11-15-31(16-12-29)40(2,3)4/h7-9,11-19,21,24,26-27,34H,5-6,10,20,22-23,25H2,1-4H3,(H,42,44)(H,43,48). The number of imidazole rings is 1. The minimum Gasteiger partial charge on any atom is -0.339 e. The van der Waals surface area contributed by atoms with E-state index in [1.54, 1.807) is 6.20 Å². The number of hydrogen-bond acceptors (Lipinski definition) is 6. The van der Waals surface area contributed by atoms with Crippen molar-refractivity contribution < 1.29 is 9.59 Å². The molecule has 0 aliphatic carbocycles. The quantitative estimate of drug-likeness (QED) is 0.189. The first-order valence-electron chi connectivity index (χ1n) is 17.4. The van der Waals surface area contributed by atoms with E-state index in [0.29, 0.717) is 28.8 Å². The van der Waals surface area contributed by atoms with Gasteiger partial charge in [0.15, 0.2) is 11.5 Å². The van der Waals surface area contributed by atoms with Gasteiger partial charge in [0.1, 0.15) is 0 Å². The van der Waals surface area contributed by atoms with Crippen molar-refractivity contribution in [2.75, 3.05) is 36.8 Å². The average molecular weight is 656 g/mol. The predicted molar refractivity (Wildman–Crippen MR) is 195 cm³/mol. The first-order valence-corrected chi connectivity index (χ1v) is 17.4. The number of aromatic nitrogens is 3. The molecule has 9 heteroatoms. The van der Waals surface area contributed by atoms with Gasteiger partial charge in [-0.1, -0.05) is 63.6 Å². The highest BCUT2D eigenvalue weighted by Gasteiger charge is 2.33. The Morgan fingerprint density at radius 1 is 0.918 bits per heavy atom. The van der Waals surface area contributed by atoms with Crippen molar-refractivity contribution in [2.24, 2.45) is 0 Å². The third kappa shape index (κ3) is 7.08. The molecule has 7 rings (SSSR count). The molecule has 2 aliphatic heterocycles. The molecular formula is C40H45N7O2. The number of carbonyl (C=O) groups is 2. The number of amides is 2. The molecule has 0 bridgehead atoms. The fourth-order valence-corrected chi connectivity index (χ4v) is 7.00. The van der Waals surface area contributed by atoms with E-state index in [2.05, 4.69) is 46.2 Å². The number of piperazine rings is 1. The minimum absolute atomic E-state index is 0.0211. The van der Waals surface area contributed by atoms with Gasteiger partial charge in [-0.05, 0) is 79.3 Å². The van der Waals surface area contributed by atoms with Gasteiger partial charge in [0, 0.05) is 66.8 Å². The Labute approximate surface area is 288 Å². The van der Waals surface area contributed by atoms with E-state index in [9.17, 15) is 9.59 Å². The number of hydrogen-bond donors (Lipinski definition) is 2. The number of benzene rings is 3. The molecule has 0 saturated carbocycles. The van der Waals surface area contributed by atoms with Crippen LogP contribution in [0.4, 0.5) is 17.2 Å². The Morgan fingerprint density at radius 2 is 1.71 bits per heavy atom. The van der Waals surface area contributed by atoms with Crippen LogP contribution in [0.1, 0.15) is 74.4 Å². The van der Waals surface area contributed by atoms with Crippen molar-refractivity contribution in [3.63, 3.8) is 0 Å². The van der Waals surface area contributed by atoms with E-state index in [0.717, 1.165) is 48.7 Å². The fourth-order valence-electron chi connectivity index (χ4n) is 7.00. The van der Waals surface area contributed by atoms with Crippen LogP contribution in [-0.2, 0) is 10.2 Å². The molecule has 5 aromatic rings. The predicted octanol–water partition coefficient (Wildman–Crippen LogP) is 7.49. The minimum atomic E-state index is -0.208. The second-order valence-electron chi connectivity index (χ2n) is 14.4. The van der Waals surface area contributed by atoms with Crippen LogP contribution in [0.2, 0.25) is 0 Å². The van der Waals surface area contributed by atoms with Gasteiger partial charge in [-0.15, -0.1) is 0 Å². The lowest BCUT2D eigenvalue weighted by atomic mass is 9.87. The smallest absolute Gasteiger partial charge is 0.255 e. The van der Waals surface area contributed by atoms with Crippen LogP contribution < -0.4 is 10.6 Å². The Morgan fingerprint density at radius 3 is 2.49 bits per heavy atom. The Kier molecular flexibility index (Phi) is 8.94. The van der Waals surface area contributed by atoms with Crippen molar-refractivity contribution in [2.45, 2.75) is 64.3 Å². The van der Waals surface area contributed by atoms with Crippen LogP contribution in [0.3, 0.4) is 0 Å². The lowest BCUT2D eigenvalue weighted by molar-refractivity contribution is -0.136. The number of carbonyl (C=O) groups excluding carboxylic acids is 2. The van der Waals surface area contributed by atoms with Gasteiger partial charge in [0.2, 0.25) is 5.91 Å². The highest BCUT2D eigenvalue weighted by atomic mass is 16.2. The largest absolute Gasteiger partial charge is 0.339 e. The summed E-state index contributed by atoms with van der Waals surface area (Å²) in [6, 6.07) is 24.0. The molecule has 4 heterocycles. The summed E-state index contributed by atoms with van der Waals surface area (Å²) >= 11 is 0. The van der Waals surface area contributed by atoms with E-state index >= 15 is 0 Å². The Bertz CT molecular complexity index is 1960. The molecule has 9 nitrogen and oxygen atoms in total. The normalized spacial score (nSPS) is 17.4. The zero-order valence-electron chi connectivity index (χ0n) is 28.8. The highest BCUT2D eigenvalue weighted by Crippen LogP contribution is 2.29. The molecule has 2 aromatic heterocycles. The summed E-state index contributed by atoms with van der Waals surface area (Å²) in [5.74, 6) is 0.443. The number of anilines is 3. The van der Waals surface area contributed by atoms with Crippen LogP contribution in [0.25, 0.3) is 16.9 Å². The zero-order valence-corrected chi connectivity index (χ0v) is 28.8. The topological polar surface area (TPSA) is 94.9 Å². The molecule has 0 radical (unpaired) electrons. The van der Waals surface area contributed by atoms with Crippen LogP contribution >= 0.6 is 0 Å². The molecule has 252 valence electrons. The van der Waals surface area contributed by atoms with Gasteiger partial charge in [0.05, 0.1) is 11.6 Å². The third-order valence-corrected chi connectivity index (χ3v) is 10.00. The maximum Gasteiger partial charge on any atom is 0.255 e. The molecule has 2 amide bonds. The van der Waals surface area contributed by atoms with E-state index in [-0.39, 0.29) is 23.1 Å². The van der Waals surface area contributed by atoms with Crippen LogP contribution in [0.15, 0.2) is 91.4 Å². The fraction of sp³-hybridized carbons (Fsp3) is 0.350. The van der Waals surface area contributed by atoms with Gasteiger partial charge >= 0.3 is 0 Å². The second kappa shape index (κ2) is 13.5. The van der Waals surface area contributed by atoms with Crippen LogP contribution in [0, 0.1) is 0 Å². The van der Waals surface area contributed by atoms with Crippen LogP contribution in [0.5, 0.6) is 0 Å². The van der Waals surface area contributed by atoms with Crippen molar-refractivity contribution >= 4 is 34.7 Å². The van der Waals surface area contributed by atoms with Gasteiger partial charge < -0.3 is 19.9 Å². The molecule has 0 spiro atoms. The van der Waals surface area contributed by atoms with Crippen LogP contribution in [-0.4, -0.2) is 68.2 Å². The molecule has 2 saturated heterocycles. The summed E-state index contributed by atoms with van der Waals surface area (Å²) in [4.78, 5) is 40.7. The van der Waals surface area contributed by atoms with Crippen molar-refractivity contribution in [1.82, 2.24) is 24.2 Å². The summed E-state index contributed by atoms with van der Waals surface area (Å²) in [5.41, 5.74) is 6.63. The lowest BCUT2D eigenvalue weighted by Crippen LogP contribution is -2.56. The molecular weight excluding hydrogens is 610 g/mol. The Hall–Kier alpha value is -5.02. The van der Waals surface area contributed by atoms with E-state index in [1.807, 2.05) is 96.5 Å². The molecule has 2 fully saturated rings. The summed E-state index contributed by atoms with van der Waals surface area (Å²) < 4.78 is 1.94. The van der Waals surface area contributed by atoms with Crippen molar-refractivity contribution in [3.05, 3.63) is 108 Å². The maximum atomic E-state index is 13.5. The van der Waals surface area contributed by atoms with Gasteiger partial charge in [-0.25, -0.2) is 9.97 Å². The SMILES string of the molecule is CC(C(=O)N1CCN2CCCCC2C1)c1ccc(Nc2nc(-c3cccc(NC(=O)c4ccc(C(C)(C)C)cc4)c3)cn3ccnc23)cc1.